The molecule has 1 heterocycles. The molecule has 1 aromatic carbocycles. The first-order valence-corrected chi connectivity index (χ1v) is 5.92. The highest BCUT2D eigenvalue weighted by Gasteiger charge is 2.18. The van der Waals surface area contributed by atoms with Crippen molar-refractivity contribution in [3.05, 3.63) is 35.6 Å². The Morgan fingerprint density at radius 2 is 2.00 bits per heavy atom. The van der Waals surface area contributed by atoms with Crippen molar-refractivity contribution < 1.29 is 4.39 Å². The van der Waals surface area contributed by atoms with E-state index in [2.05, 4.69) is 17.3 Å². The van der Waals surface area contributed by atoms with Gasteiger partial charge in [-0.05, 0) is 39.0 Å². The van der Waals surface area contributed by atoms with E-state index in [1.807, 2.05) is 12.1 Å². The summed E-state index contributed by atoms with van der Waals surface area (Å²) >= 11 is 0. The van der Waals surface area contributed by atoms with Crippen molar-refractivity contribution in [2.45, 2.75) is 25.4 Å². The first-order chi connectivity index (χ1) is 7.77. The van der Waals surface area contributed by atoms with Gasteiger partial charge in [-0.25, -0.2) is 4.39 Å². The molecule has 1 aliphatic heterocycles. The van der Waals surface area contributed by atoms with Crippen molar-refractivity contribution in [3.8, 4) is 0 Å². The average Bonchev–Trinajstić information content (AvgIpc) is 2.33. The number of benzene rings is 1. The summed E-state index contributed by atoms with van der Waals surface area (Å²) in [7, 11) is 2.09. The summed E-state index contributed by atoms with van der Waals surface area (Å²) in [4.78, 5) is 2.26. The minimum atomic E-state index is -0.0942. The fourth-order valence-electron chi connectivity index (χ4n) is 2.27. The number of halogens is 1. The summed E-state index contributed by atoms with van der Waals surface area (Å²) < 4.78 is 13.5. The fourth-order valence-corrected chi connectivity index (χ4v) is 2.27. The molecule has 0 amide bonds. The Bertz CT molecular complexity index is 334. The SMILES string of the molecule is CN(Cc1ccccc1F)C1CCNCC1. The minimum Gasteiger partial charge on any atom is -0.317 e. The Kier molecular flexibility index (Phi) is 3.91. The molecule has 16 heavy (non-hydrogen) atoms. The molecule has 88 valence electrons. The summed E-state index contributed by atoms with van der Waals surface area (Å²) in [5, 5.41) is 3.34. The number of hydrogen-bond acceptors (Lipinski definition) is 2. The number of piperidine rings is 1. The van der Waals surface area contributed by atoms with Gasteiger partial charge in [-0.3, -0.25) is 4.90 Å². The van der Waals surface area contributed by atoms with Crippen LogP contribution < -0.4 is 5.32 Å². The van der Waals surface area contributed by atoms with Crippen LogP contribution in [-0.4, -0.2) is 31.1 Å². The van der Waals surface area contributed by atoms with Gasteiger partial charge in [-0.1, -0.05) is 18.2 Å². The van der Waals surface area contributed by atoms with Crippen LogP contribution in [0.2, 0.25) is 0 Å². The largest absolute Gasteiger partial charge is 0.317 e. The molecular formula is C13H19FN2. The van der Waals surface area contributed by atoms with Gasteiger partial charge in [0.2, 0.25) is 0 Å². The highest BCUT2D eigenvalue weighted by atomic mass is 19.1. The number of hydrogen-bond donors (Lipinski definition) is 1. The van der Waals surface area contributed by atoms with E-state index in [0.29, 0.717) is 12.6 Å². The Balaban J connectivity index is 1.96. The number of nitrogens with zero attached hydrogens (tertiary/aromatic N) is 1. The topological polar surface area (TPSA) is 15.3 Å². The van der Waals surface area contributed by atoms with Gasteiger partial charge in [0.15, 0.2) is 0 Å². The molecule has 0 radical (unpaired) electrons. The van der Waals surface area contributed by atoms with Gasteiger partial charge < -0.3 is 5.32 Å². The molecule has 1 saturated heterocycles. The predicted molar refractivity (Wildman–Crippen MR) is 63.8 cm³/mol. The van der Waals surface area contributed by atoms with Gasteiger partial charge in [0.1, 0.15) is 5.82 Å². The second kappa shape index (κ2) is 5.41. The van der Waals surface area contributed by atoms with E-state index in [0.717, 1.165) is 31.5 Å². The van der Waals surface area contributed by atoms with Crippen LogP contribution in [0.5, 0.6) is 0 Å². The first kappa shape index (κ1) is 11.6. The lowest BCUT2D eigenvalue weighted by atomic mass is 10.0. The highest BCUT2D eigenvalue weighted by Crippen LogP contribution is 2.15. The van der Waals surface area contributed by atoms with Crippen LogP contribution in [0, 0.1) is 5.82 Å². The minimum absolute atomic E-state index is 0.0942. The van der Waals surface area contributed by atoms with E-state index >= 15 is 0 Å². The van der Waals surface area contributed by atoms with Gasteiger partial charge in [0.05, 0.1) is 0 Å². The Hall–Kier alpha value is -0.930. The molecule has 1 N–H and O–H groups in total. The van der Waals surface area contributed by atoms with Crippen LogP contribution in [0.4, 0.5) is 4.39 Å². The fraction of sp³-hybridized carbons (Fsp3) is 0.538. The Morgan fingerprint density at radius 3 is 2.69 bits per heavy atom. The molecule has 1 aromatic rings. The zero-order valence-electron chi connectivity index (χ0n) is 9.75. The smallest absolute Gasteiger partial charge is 0.127 e. The van der Waals surface area contributed by atoms with E-state index < -0.39 is 0 Å². The van der Waals surface area contributed by atoms with Crippen molar-refractivity contribution in [3.63, 3.8) is 0 Å². The molecule has 1 aliphatic rings. The van der Waals surface area contributed by atoms with Crippen molar-refractivity contribution >= 4 is 0 Å². The summed E-state index contributed by atoms with van der Waals surface area (Å²) in [6.45, 7) is 2.86. The molecule has 2 nitrogen and oxygen atoms in total. The van der Waals surface area contributed by atoms with Crippen molar-refractivity contribution in [1.29, 1.82) is 0 Å². The second-order valence-corrected chi connectivity index (χ2v) is 4.49. The maximum absolute atomic E-state index is 13.5. The van der Waals surface area contributed by atoms with Gasteiger partial charge in [0, 0.05) is 18.2 Å². The molecule has 0 aromatic heterocycles. The van der Waals surface area contributed by atoms with E-state index in [1.54, 1.807) is 6.07 Å². The summed E-state index contributed by atoms with van der Waals surface area (Å²) in [5.74, 6) is -0.0942. The third-order valence-corrected chi connectivity index (χ3v) is 3.31. The Morgan fingerprint density at radius 1 is 1.31 bits per heavy atom. The van der Waals surface area contributed by atoms with Crippen LogP contribution >= 0.6 is 0 Å². The van der Waals surface area contributed by atoms with Gasteiger partial charge >= 0.3 is 0 Å². The molecular weight excluding hydrogens is 203 g/mol. The van der Waals surface area contributed by atoms with Gasteiger partial charge in [-0.15, -0.1) is 0 Å². The van der Waals surface area contributed by atoms with Crippen molar-refractivity contribution in [1.82, 2.24) is 10.2 Å². The van der Waals surface area contributed by atoms with Crippen LogP contribution in [-0.2, 0) is 6.54 Å². The van der Waals surface area contributed by atoms with E-state index in [1.165, 1.54) is 6.07 Å². The van der Waals surface area contributed by atoms with Gasteiger partial charge in [-0.2, -0.15) is 0 Å². The molecule has 2 rings (SSSR count). The first-order valence-electron chi connectivity index (χ1n) is 5.92. The maximum atomic E-state index is 13.5. The van der Waals surface area contributed by atoms with Crippen molar-refractivity contribution in [2.75, 3.05) is 20.1 Å². The monoisotopic (exact) mass is 222 g/mol. The van der Waals surface area contributed by atoms with Crippen LogP contribution in [0.3, 0.4) is 0 Å². The lowest BCUT2D eigenvalue weighted by Crippen LogP contribution is -2.40. The molecule has 3 heteroatoms. The summed E-state index contributed by atoms with van der Waals surface area (Å²) in [6.07, 6.45) is 2.32. The third-order valence-electron chi connectivity index (χ3n) is 3.31. The molecule has 1 fully saturated rings. The highest BCUT2D eigenvalue weighted by molar-refractivity contribution is 5.17. The Labute approximate surface area is 96.5 Å². The van der Waals surface area contributed by atoms with E-state index in [9.17, 15) is 4.39 Å². The molecule has 0 atom stereocenters. The van der Waals surface area contributed by atoms with E-state index in [-0.39, 0.29) is 5.82 Å². The third kappa shape index (κ3) is 2.80. The van der Waals surface area contributed by atoms with Crippen LogP contribution in [0.15, 0.2) is 24.3 Å². The lowest BCUT2D eigenvalue weighted by molar-refractivity contribution is 0.190. The van der Waals surface area contributed by atoms with Gasteiger partial charge in [0.25, 0.3) is 0 Å². The standard InChI is InChI=1S/C13H19FN2/c1-16(12-6-8-15-9-7-12)10-11-4-2-3-5-13(11)14/h2-5,12,15H,6-10H2,1H3. The molecule has 0 unspecified atom stereocenters. The summed E-state index contributed by atoms with van der Waals surface area (Å²) in [6, 6.07) is 7.62. The van der Waals surface area contributed by atoms with Crippen molar-refractivity contribution in [2.24, 2.45) is 0 Å². The zero-order chi connectivity index (χ0) is 11.4. The zero-order valence-corrected chi connectivity index (χ0v) is 9.75. The quantitative estimate of drug-likeness (QED) is 0.841. The van der Waals surface area contributed by atoms with E-state index in [4.69, 9.17) is 0 Å². The number of nitrogens with one attached hydrogen (secondary N) is 1. The number of rotatable bonds is 3. The predicted octanol–water partition coefficient (Wildman–Crippen LogP) is 2.01. The van der Waals surface area contributed by atoms with Crippen LogP contribution in [0.1, 0.15) is 18.4 Å². The summed E-state index contributed by atoms with van der Waals surface area (Å²) in [5.41, 5.74) is 0.795. The molecule has 0 spiro atoms. The lowest BCUT2D eigenvalue weighted by Gasteiger charge is -2.31. The average molecular weight is 222 g/mol. The molecule has 0 bridgehead atoms. The maximum Gasteiger partial charge on any atom is 0.127 e. The molecule has 0 aliphatic carbocycles. The van der Waals surface area contributed by atoms with Crippen LogP contribution in [0.25, 0.3) is 0 Å². The normalized spacial score (nSPS) is 17.9. The molecule has 0 saturated carbocycles. The second-order valence-electron chi connectivity index (χ2n) is 4.49.